The Labute approximate surface area is 152 Å². The smallest absolute Gasteiger partial charge is 0.237 e. The maximum absolute atomic E-state index is 12.3. The van der Waals surface area contributed by atoms with Gasteiger partial charge in [0.15, 0.2) is 8.68 Å². The quantitative estimate of drug-likeness (QED) is 0.706. The first-order valence-electron chi connectivity index (χ1n) is 6.80. The number of thioether (sulfide) groups is 2. The van der Waals surface area contributed by atoms with Crippen LogP contribution in [0.3, 0.4) is 0 Å². The highest BCUT2D eigenvalue weighted by Gasteiger charge is 2.19. The van der Waals surface area contributed by atoms with Crippen molar-refractivity contribution >= 4 is 58.1 Å². The number of hydrogen-bond donors (Lipinski definition) is 1. The van der Waals surface area contributed by atoms with Gasteiger partial charge in [0.1, 0.15) is 5.75 Å². The number of ether oxygens (including phenoxy) is 1. The number of amides is 1. The normalized spacial score (nSPS) is 12.0. The fourth-order valence-corrected chi connectivity index (χ4v) is 4.88. The molecule has 0 spiro atoms. The number of aromatic nitrogens is 2. The lowest BCUT2D eigenvalue weighted by atomic mass is 10.3. The summed E-state index contributed by atoms with van der Waals surface area (Å²) < 4.78 is 6.92. The van der Waals surface area contributed by atoms with Crippen LogP contribution in [0.2, 0.25) is 5.02 Å². The van der Waals surface area contributed by atoms with E-state index in [0.29, 0.717) is 16.5 Å². The zero-order valence-corrected chi connectivity index (χ0v) is 16.0. The van der Waals surface area contributed by atoms with Gasteiger partial charge in [0.2, 0.25) is 5.91 Å². The molecule has 0 aliphatic carbocycles. The van der Waals surface area contributed by atoms with Crippen molar-refractivity contribution in [1.29, 1.82) is 0 Å². The minimum Gasteiger partial charge on any atom is -0.495 e. The average molecular weight is 390 g/mol. The molecule has 0 aliphatic heterocycles. The summed E-state index contributed by atoms with van der Waals surface area (Å²) >= 11 is 10.5. The molecule has 0 aliphatic rings. The van der Waals surface area contributed by atoms with Gasteiger partial charge in [-0.2, -0.15) is 0 Å². The molecule has 1 amide bonds. The number of carbonyl (C=O) groups is 1. The molecule has 1 N–H and O–H groups in total. The molecular weight excluding hydrogens is 374 g/mol. The fraction of sp³-hybridized carbons (Fsp3) is 0.357. The third-order valence-electron chi connectivity index (χ3n) is 2.72. The highest BCUT2D eigenvalue weighted by Crippen LogP contribution is 2.32. The zero-order chi connectivity index (χ0) is 16.8. The molecule has 5 nitrogen and oxygen atoms in total. The van der Waals surface area contributed by atoms with E-state index < -0.39 is 0 Å². The lowest BCUT2D eigenvalue weighted by Gasteiger charge is -2.13. The van der Waals surface area contributed by atoms with Crippen LogP contribution < -0.4 is 10.1 Å². The van der Waals surface area contributed by atoms with Gasteiger partial charge in [0.05, 0.1) is 18.0 Å². The van der Waals surface area contributed by atoms with Crippen LogP contribution in [0.5, 0.6) is 5.75 Å². The second kappa shape index (κ2) is 8.77. The molecule has 0 saturated heterocycles. The Kier molecular flexibility index (Phi) is 7.01. The standard InChI is InChI=1S/C14H16ClN3O2S3/c1-4-21-13-17-18-14(23-13)22-8(2)12(19)16-10-7-9(15)5-6-11(10)20-3/h5-8H,4H2,1-3H3,(H,16,19). The molecule has 1 aromatic carbocycles. The highest BCUT2D eigenvalue weighted by molar-refractivity contribution is 8.03. The minimum absolute atomic E-state index is 0.143. The van der Waals surface area contributed by atoms with Crippen molar-refractivity contribution in [2.75, 3.05) is 18.2 Å². The van der Waals surface area contributed by atoms with Crippen LogP contribution in [0, 0.1) is 0 Å². The largest absolute Gasteiger partial charge is 0.495 e. The van der Waals surface area contributed by atoms with Crippen molar-refractivity contribution in [1.82, 2.24) is 10.2 Å². The molecule has 2 aromatic rings. The number of benzene rings is 1. The van der Waals surface area contributed by atoms with Gasteiger partial charge >= 0.3 is 0 Å². The van der Waals surface area contributed by atoms with E-state index in [2.05, 4.69) is 22.4 Å². The van der Waals surface area contributed by atoms with E-state index in [1.54, 1.807) is 37.1 Å². The Morgan fingerprint density at radius 2 is 2.17 bits per heavy atom. The Morgan fingerprint density at radius 3 is 2.87 bits per heavy atom. The lowest BCUT2D eigenvalue weighted by Crippen LogP contribution is -2.22. The van der Waals surface area contributed by atoms with Crippen molar-refractivity contribution in [3.05, 3.63) is 23.2 Å². The SMILES string of the molecule is CCSc1nnc(SC(C)C(=O)Nc2cc(Cl)ccc2OC)s1. The molecular formula is C14H16ClN3O2S3. The topological polar surface area (TPSA) is 64.1 Å². The van der Waals surface area contributed by atoms with Gasteiger partial charge in [0.25, 0.3) is 0 Å². The molecule has 124 valence electrons. The van der Waals surface area contributed by atoms with Crippen molar-refractivity contribution in [2.45, 2.75) is 27.8 Å². The molecule has 0 radical (unpaired) electrons. The predicted molar refractivity (Wildman–Crippen MR) is 98.3 cm³/mol. The Balaban J connectivity index is 2.00. The van der Waals surface area contributed by atoms with E-state index in [-0.39, 0.29) is 11.2 Å². The first-order valence-corrected chi connectivity index (χ1v) is 9.86. The van der Waals surface area contributed by atoms with Gasteiger partial charge in [-0.25, -0.2) is 0 Å². The fourth-order valence-electron chi connectivity index (χ4n) is 1.64. The van der Waals surface area contributed by atoms with Crippen LogP contribution in [0.4, 0.5) is 5.69 Å². The Bertz CT molecular complexity index is 681. The summed E-state index contributed by atoms with van der Waals surface area (Å²) in [4.78, 5) is 12.3. The molecule has 1 heterocycles. The first kappa shape index (κ1) is 18.4. The van der Waals surface area contributed by atoms with Gasteiger partial charge in [-0.3, -0.25) is 4.79 Å². The molecule has 1 aromatic heterocycles. The van der Waals surface area contributed by atoms with E-state index in [1.807, 2.05) is 6.92 Å². The number of methoxy groups -OCH3 is 1. The van der Waals surface area contributed by atoms with Crippen molar-refractivity contribution in [3.8, 4) is 5.75 Å². The number of carbonyl (C=O) groups excluding carboxylic acids is 1. The summed E-state index contributed by atoms with van der Waals surface area (Å²) in [6.07, 6.45) is 0. The minimum atomic E-state index is -0.314. The third kappa shape index (κ3) is 5.27. The van der Waals surface area contributed by atoms with Crippen LogP contribution in [0.25, 0.3) is 0 Å². The van der Waals surface area contributed by atoms with Crippen LogP contribution in [-0.4, -0.2) is 34.2 Å². The maximum atomic E-state index is 12.3. The summed E-state index contributed by atoms with van der Waals surface area (Å²) in [5, 5.41) is 11.2. The second-order valence-corrected chi connectivity index (χ2v) is 8.87. The van der Waals surface area contributed by atoms with Crippen LogP contribution >= 0.6 is 46.5 Å². The predicted octanol–water partition coefficient (Wildman–Crippen LogP) is 4.43. The van der Waals surface area contributed by atoms with Gasteiger partial charge in [-0.1, -0.05) is 53.4 Å². The molecule has 2 rings (SSSR count). The van der Waals surface area contributed by atoms with Gasteiger partial charge in [0, 0.05) is 5.02 Å². The number of anilines is 1. The van der Waals surface area contributed by atoms with E-state index in [4.69, 9.17) is 16.3 Å². The highest BCUT2D eigenvalue weighted by atomic mass is 35.5. The van der Waals surface area contributed by atoms with E-state index in [0.717, 1.165) is 14.4 Å². The van der Waals surface area contributed by atoms with Gasteiger partial charge in [-0.05, 0) is 30.9 Å². The van der Waals surface area contributed by atoms with E-state index in [1.165, 1.54) is 23.1 Å². The number of nitrogens with one attached hydrogen (secondary N) is 1. The van der Waals surface area contributed by atoms with Crippen LogP contribution in [-0.2, 0) is 4.79 Å². The molecule has 9 heteroatoms. The van der Waals surface area contributed by atoms with Gasteiger partial charge in [-0.15, -0.1) is 10.2 Å². The summed E-state index contributed by atoms with van der Waals surface area (Å²) in [6, 6.07) is 5.09. The first-order chi connectivity index (χ1) is 11.0. The average Bonchev–Trinajstić information content (AvgIpc) is 2.95. The van der Waals surface area contributed by atoms with E-state index in [9.17, 15) is 4.79 Å². The molecule has 1 unspecified atom stereocenters. The second-order valence-electron chi connectivity index (χ2n) is 4.36. The van der Waals surface area contributed by atoms with E-state index >= 15 is 0 Å². The maximum Gasteiger partial charge on any atom is 0.237 e. The lowest BCUT2D eigenvalue weighted by molar-refractivity contribution is -0.115. The van der Waals surface area contributed by atoms with Crippen molar-refractivity contribution in [2.24, 2.45) is 0 Å². The number of halogens is 1. The van der Waals surface area contributed by atoms with Crippen molar-refractivity contribution < 1.29 is 9.53 Å². The number of rotatable bonds is 7. The Morgan fingerprint density at radius 1 is 1.43 bits per heavy atom. The van der Waals surface area contributed by atoms with Crippen LogP contribution in [0.1, 0.15) is 13.8 Å². The monoisotopic (exact) mass is 389 g/mol. The molecule has 1 atom stereocenters. The summed E-state index contributed by atoms with van der Waals surface area (Å²) in [5.74, 6) is 1.37. The number of hydrogen-bond acceptors (Lipinski definition) is 7. The number of nitrogens with zero attached hydrogens (tertiary/aromatic N) is 2. The van der Waals surface area contributed by atoms with Crippen LogP contribution in [0.15, 0.2) is 26.9 Å². The Hall–Kier alpha value is -0.960. The zero-order valence-electron chi connectivity index (χ0n) is 12.8. The summed E-state index contributed by atoms with van der Waals surface area (Å²) in [7, 11) is 1.55. The summed E-state index contributed by atoms with van der Waals surface area (Å²) in [5.41, 5.74) is 0.553. The molecule has 0 fully saturated rings. The van der Waals surface area contributed by atoms with Crippen molar-refractivity contribution in [3.63, 3.8) is 0 Å². The third-order valence-corrected chi connectivity index (χ3v) is 6.08. The summed E-state index contributed by atoms with van der Waals surface area (Å²) in [6.45, 7) is 3.89. The molecule has 0 saturated carbocycles. The van der Waals surface area contributed by atoms with Gasteiger partial charge < -0.3 is 10.1 Å². The molecule has 0 bridgehead atoms. The molecule has 23 heavy (non-hydrogen) atoms.